The number of amides is 1. The highest BCUT2D eigenvalue weighted by Crippen LogP contribution is 2.42. The fourth-order valence-corrected chi connectivity index (χ4v) is 4.36. The number of carbonyl (C=O) groups is 1. The van der Waals surface area contributed by atoms with Crippen LogP contribution in [0.15, 0.2) is 35.2 Å². The lowest BCUT2D eigenvalue weighted by atomic mass is 9.97. The molecule has 0 saturated carbocycles. The van der Waals surface area contributed by atoms with Crippen LogP contribution in [0.4, 0.5) is 10.1 Å². The maximum atomic E-state index is 13.4. The minimum absolute atomic E-state index is 0.0909. The van der Waals surface area contributed by atoms with Crippen LogP contribution in [0.2, 0.25) is 0 Å². The van der Waals surface area contributed by atoms with E-state index in [-0.39, 0.29) is 23.1 Å². The fraction of sp³-hybridized carbons (Fsp3) is 0.353. The van der Waals surface area contributed by atoms with E-state index in [1.54, 1.807) is 17.8 Å². The maximum absolute atomic E-state index is 13.4. The highest BCUT2D eigenvalue weighted by atomic mass is 32.2. The summed E-state index contributed by atoms with van der Waals surface area (Å²) in [7, 11) is 0. The lowest BCUT2D eigenvalue weighted by molar-refractivity contribution is -0.125. The van der Waals surface area contributed by atoms with Crippen molar-refractivity contribution in [2.45, 2.75) is 23.2 Å². The third kappa shape index (κ3) is 2.88. The molecule has 120 valence electrons. The molecule has 0 radical (unpaired) electrons. The Morgan fingerprint density at radius 3 is 2.87 bits per heavy atom. The first-order valence-electron chi connectivity index (χ1n) is 7.87. The molecule has 0 aliphatic carbocycles. The summed E-state index contributed by atoms with van der Waals surface area (Å²) >= 11 is 1.58. The summed E-state index contributed by atoms with van der Waals surface area (Å²) in [6, 6.07) is 8.67. The number of anilines is 1. The van der Waals surface area contributed by atoms with E-state index in [9.17, 15) is 9.18 Å². The summed E-state index contributed by atoms with van der Waals surface area (Å²) in [4.78, 5) is 13.4. The van der Waals surface area contributed by atoms with Crippen molar-refractivity contribution < 1.29 is 9.18 Å². The molecule has 6 heteroatoms. The van der Waals surface area contributed by atoms with Crippen molar-refractivity contribution in [3.05, 3.63) is 36.1 Å². The van der Waals surface area contributed by atoms with E-state index >= 15 is 0 Å². The molecule has 1 fully saturated rings. The van der Waals surface area contributed by atoms with Crippen LogP contribution < -0.4 is 16.0 Å². The highest BCUT2D eigenvalue weighted by molar-refractivity contribution is 8.00. The molecule has 4 nitrogen and oxygen atoms in total. The van der Waals surface area contributed by atoms with Crippen LogP contribution in [-0.4, -0.2) is 24.5 Å². The molecule has 1 unspecified atom stereocenters. The molecular weight excluding hydrogens is 313 g/mol. The second kappa shape index (κ2) is 6.02. The molecule has 0 spiro atoms. The van der Waals surface area contributed by atoms with Crippen molar-refractivity contribution in [3.8, 4) is 0 Å². The first-order chi connectivity index (χ1) is 11.2. The van der Waals surface area contributed by atoms with Gasteiger partial charge in [-0.2, -0.15) is 0 Å². The summed E-state index contributed by atoms with van der Waals surface area (Å²) in [5, 5.41) is 11.6. The minimum atomic E-state index is -0.232. The quantitative estimate of drug-likeness (QED) is 0.792. The summed E-state index contributed by atoms with van der Waals surface area (Å²) in [5.74, 6) is -0.0305. The summed E-state index contributed by atoms with van der Waals surface area (Å²) in [6.07, 6.45) is 1.77. The molecule has 4 rings (SSSR count). The zero-order chi connectivity index (χ0) is 15.8. The third-order valence-corrected chi connectivity index (χ3v) is 5.58. The SMILES string of the molecule is O=C(NC1Nc2ccc3cc(F)ccc3c2S1)C1CCNCC1. The molecule has 0 bridgehead atoms. The predicted molar refractivity (Wildman–Crippen MR) is 90.9 cm³/mol. The normalized spacial score (nSPS) is 21.0. The Morgan fingerprint density at radius 1 is 1.22 bits per heavy atom. The standard InChI is InChI=1S/C17H18FN3OS/c18-12-2-3-13-11(9-12)1-4-14-15(13)23-17(20-14)21-16(22)10-5-7-19-8-6-10/h1-4,9-10,17,19-20H,5-8H2,(H,21,22). The van der Waals surface area contributed by atoms with Crippen molar-refractivity contribution in [3.63, 3.8) is 0 Å². The summed E-state index contributed by atoms with van der Waals surface area (Å²) < 4.78 is 13.4. The van der Waals surface area contributed by atoms with E-state index in [1.807, 2.05) is 12.1 Å². The number of carbonyl (C=O) groups excluding carboxylic acids is 1. The number of piperidine rings is 1. The Kier molecular flexibility index (Phi) is 3.87. The monoisotopic (exact) mass is 331 g/mol. The molecule has 23 heavy (non-hydrogen) atoms. The van der Waals surface area contributed by atoms with Crippen molar-refractivity contribution in [1.29, 1.82) is 0 Å². The van der Waals surface area contributed by atoms with Gasteiger partial charge in [-0.3, -0.25) is 4.79 Å². The lowest BCUT2D eigenvalue weighted by Gasteiger charge is -2.23. The van der Waals surface area contributed by atoms with Gasteiger partial charge in [-0.1, -0.05) is 23.9 Å². The van der Waals surface area contributed by atoms with Crippen LogP contribution in [0.3, 0.4) is 0 Å². The van der Waals surface area contributed by atoms with Gasteiger partial charge in [-0.15, -0.1) is 0 Å². The van der Waals surface area contributed by atoms with Gasteiger partial charge in [0.15, 0.2) is 5.50 Å². The minimum Gasteiger partial charge on any atom is -0.356 e. The molecule has 2 aromatic rings. The van der Waals surface area contributed by atoms with E-state index in [0.717, 1.165) is 47.3 Å². The van der Waals surface area contributed by atoms with Gasteiger partial charge < -0.3 is 16.0 Å². The molecule has 2 aliphatic rings. The Labute approximate surface area is 138 Å². The predicted octanol–water partition coefficient (Wildman–Crippen LogP) is 2.90. The van der Waals surface area contributed by atoms with E-state index in [2.05, 4.69) is 16.0 Å². The van der Waals surface area contributed by atoms with Crippen LogP contribution in [0.25, 0.3) is 10.8 Å². The average Bonchev–Trinajstić information content (AvgIpc) is 2.98. The van der Waals surface area contributed by atoms with Gasteiger partial charge in [0.2, 0.25) is 5.91 Å². The van der Waals surface area contributed by atoms with Crippen LogP contribution in [0, 0.1) is 11.7 Å². The second-order valence-electron chi connectivity index (χ2n) is 5.98. The highest BCUT2D eigenvalue weighted by Gasteiger charge is 2.28. The molecule has 0 aromatic heterocycles. The number of rotatable bonds is 2. The van der Waals surface area contributed by atoms with Gasteiger partial charge >= 0.3 is 0 Å². The Bertz CT molecular complexity index is 761. The Morgan fingerprint density at radius 2 is 2.04 bits per heavy atom. The molecule has 2 aromatic carbocycles. The molecule has 3 N–H and O–H groups in total. The Hall–Kier alpha value is -1.79. The number of benzene rings is 2. The van der Waals surface area contributed by atoms with Gasteiger partial charge in [-0.05, 0) is 54.9 Å². The van der Waals surface area contributed by atoms with Crippen molar-refractivity contribution in [2.75, 3.05) is 18.4 Å². The summed E-state index contributed by atoms with van der Waals surface area (Å²) in [6.45, 7) is 1.81. The maximum Gasteiger partial charge on any atom is 0.225 e. The number of nitrogens with one attached hydrogen (secondary N) is 3. The van der Waals surface area contributed by atoms with E-state index in [1.165, 1.54) is 12.1 Å². The van der Waals surface area contributed by atoms with Crippen molar-refractivity contribution in [1.82, 2.24) is 10.6 Å². The largest absolute Gasteiger partial charge is 0.356 e. The van der Waals surface area contributed by atoms with Gasteiger partial charge in [0.05, 0.1) is 5.69 Å². The molecule has 2 aliphatic heterocycles. The average molecular weight is 331 g/mol. The molecule has 2 heterocycles. The Balaban J connectivity index is 1.51. The number of hydrogen-bond donors (Lipinski definition) is 3. The van der Waals surface area contributed by atoms with Crippen LogP contribution >= 0.6 is 11.8 Å². The fourth-order valence-electron chi connectivity index (χ4n) is 3.20. The van der Waals surface area contributed by atoms with Gasteiger partial charge in [0.1, 0.15) is 5.82 Å². The van der Waals surface area contributed by atoms with Crippen LogP contribution in [-0.2, 0) is 4.79 Å². The van der Waals surface area contributed by atoms with Gasteiger partial charge in [0, 0.05) is 10.8 Å². The van der Waals surface area contributed by atoms with Gasteiger partial charge in [0.25, 0.3) is 0 Å². The molecule has 1 saturated heterocycles. The van der Waals surface area contributed by atoms with Crippen molar-refractivity contribution in [2.24, 2.45) is 5.92 Å². The lowest BCUT2D eigenvalue weighted by Crippen LogP contribution is -2.43. The number of fused-ring (bicyclic) bond motifs is 3. The first kappa shape index (κ1) is 14.8. The topological polar surface area (TPSA) is 53.2 Å². The van der Waals surface area contributed by atoms with Crippen molar-refractivity contribution >= 4 is 34.1 Å². The molecule has 1 atom stereocenters. The van der Waals surface area contributed by atoms with Crippen LogP contribution in [0.1, 0.15) is 12.8 Å². The van der Waals surface area contributed by atoms with E-state index < -0.39 is 0 Å². The summed E-state index contributed by atoms with van der Waals surface area (Å²) in [5.41, 5.74) is 0.827. The second-order valence-corrected chi connectivity index (χ2v) is 7.10. The zero-order valence-electron chi connectivity index (χ0n) is 12.6. The number of halogens is 1. The third-order valence-electron chi connectivity index (χ3n) is 4.44. The first-order valence-corrected chi connectivity index (χ1v) is 8.75. The zero-order valence-corrected chi connectivity index (χ0v) is 13.4. The molecular formula is C17H18FN3OS. The van der Waals surface area contributed by atoms with E-state index in [0.29, 0.717) is 0 Å². The van der Waals surface area contributed by atoms with Gasteiger partial charge in [-0.25, -0.2) is 4.39 Å². The van der Waals surface area contributed by atoms with Crippen LogP contribution in [0.5, 0.6) is 0 Å². The number of thioether (sulfide) groups is 1. The molecule has 1 amide bonds. The van der Waals surface area contributed by atoms with E-state index in [4.69, 9.17) is 0 Å². The smallest absolute Gasteiger partial charge is 0.225 e. The number of hydrogen-bond acceptors (Lipinski definition) is 4.